The number of Topliss-reactive ketones (excluding diaryl/α,β-unsaturated/α-hetero) is 1. The zero-order valence-electron chi connectivity index (χ0n) is 20.1. The fourth-order valence-electron chi connectivity index (χ4n) is 3.94. The molecule has 33 heavy (non-hydrogen) atoms. The highest BCUT2D eigenvalue weighted by Gasteiger charge is 2.18. The largest absolute Gasteiger partial charge is 0.492 e. The Labute approximate surface area is 197 Å². The Balaban J connectivity index is 1.38. The first-order chi connectivity index (χ1) is 15.9. The minimum atomic E-state index is -0.128. The topological polar surface area (TPSA) is 67.9 Å². The average molecular weight is 453 g/mol. The van der Waals surface area contributed by atoms with Crippen molar-refractivity contribution >= 4 is 11.7 Å². The van der Waals surface area contributed by atoms with Crippen molar-refractivity contribution in [2.45, 2.75) is 52.1 Å². The van der Waals surface area contributed by atoms with Gasteiger partial charge in [-0.15, -0.1) is 0 Å². The van der Waals surface area contributed by atoms with Crippen LogP contribution in [0.15, 0.2) is 42.5 Å². The van der Waals surface area contributed by atoms with E-state index in [4.69, 9.17) is 9.47 Å². The number of amides is 1. The van der Waals surface area contributed by atoms with Crippen molar-refractivity contribution in [2.75, 3.05) is 33.4 Å². The van der Waals surface area contributed by atoms with Gasteiger partial charge in [-0.2, -0.15) is 0 Å². The number of ketones is 1. The number of nitrogens with zero attached hydrogens (tertiary/aromatic N) is 1. The molecule has 1 heterocycles. The third-order valence-corrected chi connectivity index (χ3v) is 6.32. The van der Waals surface area contributed by atoms with Crippen LogP contribution in [0.1, 0.15) is 52.7 Å². The van der Waals surface area contributed by atoms with Gasteiger partial charge in [-0.05, 0) is 68.6 Å². The Morgan fingerprint density at radius 1 is 1.06 bits per heavy atom. The molecule has 0 radical (unpaired) electrons. The van der Waals surface area contributed by atoms with Crippen LogP contribution < -0.4 is 10.1 Å². The van der Waals surface area contributed by atoms with Crippen LogP contribution in [-0.4, -0.2) is 56.0 Å². The molecule has 178 valence electrons. The maximum Gasteiger partial charge on any atom is 0.220 e. The van der Waals surface area contributed by atoms with Crippen LogP contribution in [0, 0.1) is 13.8 Å². The van der Waals surface area contributed by atoms with Gasteiger partial charge in [0.1, 0.15) is 12.4 Å². The van der Waals surface area contributed by atoms with Crippen molar-refractivity contribution in [3.8, 4) is 5.75 Å². The SMILES string of the molecule is Cc1ccc(C(=O)CCC(=O)NCc2cccc(OCCN(C)C3CCOCC3)c2)cc1C. The average Bonchev–Trinajstić information content (AvgIpc) is 2.83. The third kappa shape index (κ3) is 7.98. The van der Waals surface area contributed by atoms with Gasteiger partial charge in [0, 0.05) is 50.8 Å². The zero-order valence-corrected chi connectivity index (χ0v) is 20.1. The molecule has 0 aromatic heterocycles. The number of hydrogen-bond donors (Lipinski definition) is 1. The summed E-state index contributed by atoms with van der Waals surface area (Å²) >= 11 is 0. The molecule has 0 aliphatic carbocycles. The van der Waals surface area contributed by atoms with Crippen LogP contribution in [0.5, 0.6) is 5.75 Å². The Bertz CT molecular complexity index is 937. The highest BCUT2D eigenvalue weighted by molar-refractivity contribution is 5.98. The lowest BCUT2D eigenvalue weighted by atomic mass is 10.0. The van der Waals surface area contributed by atoms with Crippen LogP contribution >= 0.6 is 0 Å². The molecule has 0 bridgehead atoms. The summed E-state index contributed by atoms with van der Waals surface area (Å²) in [5.41, 5.74) is 3.88. The van der Waals surface area contributed by atoms with E-state index in [1.807, 2.05) is 56.3 Å². The highest BCUT2D eigenvalue weighted by atomic mass is 16.5. The summed E-state index contributed by atoms with van der Waals surface area (Å²) in [5.74, 6) is 0.665. The van der Waals surface area contributed by atoms with E-state index in [0.717, 1.165) is 55.0 Å². The first kappa shape index (κ1) is 24.9. The fraction of sp³-hybridized carbons (Fsp3) is 0.481. The van der Waals surface area contributed by atoms with Gasteiger partial charge in [0.05, 0.1) is 0 Å². The highest BCUT2D eigenvalue weighted by Crippen LogP contribution is 2.16. The number of ether oxygens (including phenoxy) is 2. The smallest absolute Gasteiger partial charge is 0.220 e. The summed E-state index contributed by atoms with van der Waals surface area (Å²) in [4.78, 5) is 27.0. The van der Waals surface area contributed by atoms with Crippen LogP contribution in [0.2, 0.25) is 0 Å². The second-order valence-electron chi connectivity index (χ2n) is 8.82. The Kier molecular flexibility index (Phi) is 9.46. The monoisotopic (exact) mass is 452 g/mol. The molecule has 3 rings (SSSR count). The summed E-state index contributed by atoms with van der Waals surface area (Å²) in [6, 6.07) is 14.0. The summed E-state index contributed by atoms with van der Waals surface area (Å²) in [6.07, 6.45) is 2.53. The summed E-state index contributed by atoms with van der Waals surface area (Å²) in [5, 5.41) is 2.90. The van der Waals surface area contributed by atoms with E-state index in [0.29, 0.717) is 24.8 Å². The number of likely N-dealkylation sites (N-methyl/N-ethyl adjacent to an activating group) is 1. The van der Waals surface area contributed by atoms with E-state index in [1.165, 1.54) is 0 Å². The number of hydrogen-bond acceptors (Lipinski definition) is 5. The first-order valence-corrected chi connectivity index (χ1v) is 11.8. The molecule has 0 spiro atoms. The van der Waals surface area contributed by atoms with Gasteiger partial charge in [0.15, 0.2) is 5.78 Å². The Hall–Kier alpha value is -2.70. The second kappa shape index (κ2) is 12.5. The minimum Gasteiger partial charge on any atom is -0.492 e. The number of benzene rings is 2. The maximum absolute atomic E-state index is 12.4. The van der Waals surface area contributed by atoms with Gasteiger partial charge >= 0.3 is 0 Å². The van der Waals surface area contributed by atoms with E-state index in [1.54, 1.807) is 0 Å². The van der Waals surface area contributed by atoms with Crippen LogP contribution in [0.4, 0.5) is 0 Å². The van der Waals surface area contributed by atoms with E-state index in [-0.39, 0.29) is 24.5 Å². The number of rotatable bonds is 11. The lowest BCUT2D eigenvalue weighted by Crippen LogP contribution is -2.38. The van der Waals surface area contributed by atoms with Gasteiger partial charge in [0.25, 0.3) is 0 Å². The molecule has 1 aliphatic heterocycles. The van der Waals surface area contributed by atoms with Crippen LogP contribution in [-0.2, 0) is 16.1 Å². The number of nitrogens with one attached hydrogen (secondary N) is 1. The lowest BCUT2D eigenvalue weighted by Gasteiger charge is -2.31. The Morgan fingerprint density at radius 3 is 2.61 bits per heavy atom. The molecule has 1 N–H and O–H groups in total. The third-order valence-electron chi connectivity index (χ3n) is 6.32. The molecule has 2 aromatic rings. The normalized spacial score (nSPS) is 14.3. The molecular formula is C27H36N2O4. The first-order valence-electron chi connectivity index (χ1n) is 11.8. The van der Waals surface area contributed by atoms with Crippen LogP contribution in [0.25, 0.3) is 0 Å². The van der Waals surface area contributed by atoms with Gasteiger partial charge in [-0.1, -0.05) is 24.3 Å². The standard InChI is InChI=1S/C27H36N2O4/c1-20-7-8-23(17-21(20)2)26(30)9-10-27(31)28-19-22-5-4-6-25(18-22)33-16-13-29(3)24-11-14-32-15-12-24/h4-8,17-18,24H,9-16,19H2,1-3H3,(H,28,31). The van der Waals surface area contributed by atoms with Gasteiger partial charge in [-0.3, -0.25) is 14.5 Å². The molecule has 1 fully saturated rings. The predicted molar refractivity (Wildman–Crippen MR) is 130 cm³/mol. The number of carbonyl (C=O) groups is 2. The Morgan fingerprint density at radius 2 is 1.85 bits per heavy atom. The van der Waals surface area contributed by atoms with Crippen molar-refractivity contribution in [1.29, 1.82) is 0 Å². The molecule has 0 unspecified atom stereocenters. The van der Waals surface area contributed by atoms with E-state index >= 15 is 0 Å². The number of carbonyl (C=O) groups excluding carboxylic acids is 2. The van der Waals surface area contributed by atoms with Crippen molar-refractivity contribution in [3.63, 3.8) is 0 Å². The van der Waals surface area contributed by atoms with E-state index < -0.39 is 0 Å². The minimum absolute atomic E-state index is 0.00521. The summed E-state index contributed by atoms with van der Waals surface area (Å²) in [6.45, 7) is 7.57. The predicted octanol–water partition coefficient (Wildman–Crippen LogP) is 4.07. The van der Waals surface area contributed by atoms with Gasteiger partial charge in [-0.25, -0.2) is 0 Å². The molecule has 1 aliphatic rings. The van der Waals surface area contributed by atoms with Gasteiger partial charge in [0.2, 0.25) is 5.91 Å². The molecule has 6 nitrogen and oxygen atoms in total. The molecule has 0 atom stereocenters. The zero-order chi connectivity index (χ0) is 23.6. The van der Waals surface area contributed by atoms with Crippen LogP contribution in [0.3, 0.4) is 0 Å². The fourth-order valence-corrected chi connectivity index (χ4v) is 3.94. The summed E-state index contributed by atoms with van der Waals surface area (Å²) in [7, 11) is 2.13. The molecule has 2 aromatic carbocycles. The molecule has 0 saturated carbocycles. The maximum atomic E-state index is 12.4. The number of aryl methyl sites for hydroxylation is 2. The van der Waals surface area contributed by atoms with Gasteiger partial charge < -0.3 is 14.8 Å². The quantitative estimate of drug-likeness (QED) is 0.521. The second-order valence-corrected chi connectivity index (χ2v) is 8.82. The lowest BCUT2D eigenvalue weighted by molar-refractivity contribution is -0.121. The molecule has 6 heteroatoms. The van der Waals surface area contributed by atoms with Crippen molar-refractivity contribution in [1.82, 2.24) is 10.2 Å². The molecule has 1 saturated heterocycles. The van der Waals surface area contributed by atoms with E-state index in [2.05, 4.69) is 17.3 Å². The van der Waals surface area contributed by atoms with Crippen molar-refractivity contribution in [2.24, 2.45) is 0 Å². The van der Waals surface area contributed by atoms with Crippen molar-refractivity contribution in [3.05, 3.63) is 64.7 Å². The van der Waals surface area contributed by atoms with E-state index in [9.17, 15) is 9.59 Å². The molecular weight excluding hydrogens is 416 g/mol. The van der Waals surface area contributed by atoms with Crippen molar-refractivity contribution < 1.29 is 19.1 Å². The summed E-state index contributed by atoms with van der Waals surface area (Å²) < 4.78 is 11.4. The molecule has 1 amide bonds.